The summed E-state index contributed by atoms with van der Waals surface area (Å²) in [6.45, 7) is 0. The molecule has 262 valence electrons. The Kier molecular flexibility index (Phi) is 7.42. The van der Waals surface area contributed by atoms with Gasteiger partial charge in [0.15, 0.2) is 17.5 Å². The molecule has 56 heavy (non-hydrogen) atoms. The number of nitrogens with zero attached hydrogens (tertiary/aromatic N) is 5. The van der Waals surface area contributed by atoms with Gasteiger partial charge in [-0.2, -0.15) is 0 Å². The summed E-state index contributed by atoms with van der Waals surface area (Å²) in [6.07, 6.45) is 0. The fourth-order valence-electron chi connectivity index (χ4n) is 8.21. The van der Waals surface area contributed by atoms with Crippen LogP contribution in [0.3, 0.4) is 0 Å². The lowest BCUT2D eigenvalue weighted by molar-refractivity contribution is 1.07. The Labute approximate surface area is 323 Å². The molecule has 0 unspecified atom stereocenters. The number of rotatable bonds is 6. The second-order valence-electron chi connectivity index (χ2n) is 14.1. The lowest BCUT2D eigenvalue weighted by Crippen LogP contribution is -2.02. The van der Waals surface area contributed by atoms with Gasteiger partial charge in [0.2, 0.25) is 0 Å². The minimum Gasteiger partial charge on any atom is -0.309 e. The maximum Gasteiger partial charge on any atom is 0.164 e. The van der Waals surface area contributed by atoms with Gasteiger partial charge in [-0.25, -0.2) is 15.0 Å². The maximum absolute atomic E-state index is 4.99. The number of hydrogen-bond acceptors (Lipinski definition) is 3. The van der Waals surface area contributed by atoms with Crippen molar-refractivity contribution in [1.82, 2.24) is 24.1 Å². The van der Waals surface area contributed by atoms with Crippen LogP contribution in [0.5, 0.6) is 0 Å². The zero-order chi connectivity index (χ0) is 37.0. The molecule has 11 rings (SSSR count). The lowest BCUT2D eigenvalue weighted by Gasteiger charge is -2.18. The quantitative estimate of drug-likeness (QED) is 0.172. The van der Waals surface area contributed by atoms with Crippen molar-refractivity contribution in [2.45, 2.75) is 0 Å². The number of fused-ring (bicyclic) bond motifs is 6. The standard InChI is InChI=1S/C51H33N5/c1-3-15-35(16-4-1)49-52-50(36-17-5-2-6-18-36)54-51(53-49)37-29-27-34(28-30-37)39-32-31-38(55-44-23-11-7-19-40(44)41-20-8-12-24-45(41)55)33-48(39)56-46-25-13-9-21-42(46)43-22-10-14-26-47(43)56/h1-33H. The van der Waals surface area contributed by atoms with Crippen molar-refractivity contribution in [3.63, 3.8) is 0 Å². The van der Waals surface area contributed by atoms with Gasteiger partial charge in [0, 0.05) is 49.5 Å². The van der Waals surface area contributed by atoms with Gasteiger partial charge < -0.3 is 9.13 Å². The first-order valence-electron chi connectivity index (χ1n) is 18.9. The van der Waals surface area contributed by atoms with Crippen molar-refractivity contribution >= 4 is 43.6 Å². The molecule has 0 aliphatic rings. The van der Waals surface area contributed by atoms with Gasteiger partial charge >= 0.3 is 0 Å². The van der Waals surface area contributed by atoms with Gasteiger partial charge in [-0.1, -0.05) is 164 Å². The SMILES string of the molecule is c1ccc(-c2nc(-c3ccccc3)nc(-c3ccc(-c4ccc(-n5c6ccccc6c6ccccc65)cc4-n4c5ccccc5c5ccccc54)cc3)n2)cc1. The molecule has 0 atom stereocenters. The van der Waals surface area contributed by atoms with E-state index in [4.69, 9.17) is 15.0 Å². The van der Waals surface area contributed by atoms with E-state index in [1.165, 1.54) is 32.6 Å². The first-order chi connectivity index (χ1) is 27.8. The molecule has 8 aromatic carbocycles. The summed E-state index contributed by atoms with van der Waals surface area (Å²) >= 11 is 0. The van der Waals surface area contributed by atoms with Crippen molar-refractivity contribution in [2.24, 2.45) is 0 Å². The Balaban J connectivity index is 1.11. The molecule has 0 aliphatic carbocycles. The van der Waals surface area contributed by atoms with Gasteiger partial charge in [-0.3, -0.25) is 0 Å². The summed E-state index contributed by atoms with van der Waals surface area (Å²) in [5.41, 5.74) is 11.9. The molecule has 0 fully saturated rings. The summed E-state index contributed by atoms with van der Waals surface area (Å²) in [6, 6.07) is 70.5. The molecule has 0 saturated carbocycles. The van der Waals surface area contributed by atoms with Crippen LogP contribution in [0.25, 0.3) is 100 Å². The molecule has 3 heterocycles. The molecule has 5 heteroatoms. The monoisotopic (exact) mass is 715 g/mol. The van der Waals surface area contributed by atoms with Crippen molar-refractivity contribution in [2.75, 3.05) is 0 Å². The Morgan fingerprint density at radius 2 is 0.643 bits per heavy atom. The zero-order valence-electron chi connectivity index (χ0n) is 30.3. The highest BCUT2D eigenvalue weighted by Crippen LogP contribution is 2.39. The average molecular weight is 716 g/mol. The first kappa shape index (κ1) is 31.9. The van der Waals surface area contributed by atoms with Crippen LogP contribution in [0.15, 0.2) is 200 Å². The van der Waals surface area contributed by atoms with Gasteiger partial charge in [0.05, 0.1) is 27.8 Å². The van der Waals surface area contributed by atoms with E-state index in [0.29, 0.717) is 17.5 Å². The maximum atomic E-state index is 4.99. The second kappa shape index (κ2) is 13.0. The number of benzene rings is 8. The number of para-hydroxylation sites is 4. The Bertz CT molecular complexity index is 3070. The largest absolute Gasteiger partial charge is 0.309 e. The van der Waals surface area contributed by atoms with Crippen LogP contribution in [-0.2, 0) is 0 Å². The number of aromatic nitrogens is 5. The Morgan fingerprint density at radius 3 is 1.09 bits per heavy atom. The highest BCUT2D eigenvalue weighted by molar-refractivity contribution is 6.11. The van der Waals surface area contributed by atoms with Crippen molar-refractivity contribution < 1.29 is 0 Å². The summed E-state index contributed by atoms with van der Waals surface area (Å²) < 4.78 is 4.82. The lowest BCUT2D eigenvalue weighted by atomic mass is 10.0. The van der Waals surface area contributed by atoms with E-state index in [1.54, 1.807) is 0 Å². The van der Waals surface area contributed by atoms with Crippen LogP contribution in [0.2, 0.25) is 0 Å². The topological polar surface area (TPSA) is 48.5 Å². The Morgan fingerprint density at radius 1 is 0.286 bits per heavy atom. The van der Waals surface area contributed by atoms with Crippen molar-refractivity contribution in [1.29, 1.82) is 0 Å². The summed E-state index contributed by atoms with van der Waals surface area (Å²) in [5.74, 6) is 1.93. The highest BCUT2D eigenvalue weighted by Gasteiger charge is 2.19. The zero-order valence-corrected chi connectivity index (χ0v) is 30.3. The van der Waals surface area contributed by atoms with E-state index in [0.717, 1.165) is 50.2 Å². The van der Waals surface area contributed by atoms with Crippen LogP contribution in [0, 0.1) is 0 Å². The summed E-state index contributed by atoms with van der Waals surface area (Å²) in [5, 5.41) is 4.94. The molecular formula is C51H33N5. The molecule has 0 spiro atoms. The van der Waals surface area contributed by atoms with Gasteiger partial charge in [-0.05, 0) is 42.0 Å². The van der Waals surface area contributed by atoms with Crippen LogP contribution in [-0.4, -0.2) is 24.1 Å². The summed E-state index contributed by atoms with van der Waals surface area (Å²) in [7, 11) is 0. The van der Waals surface area contributed by atoms with Gasteiger partial charge in [-0.15, -0.1) is 0 Å². The molecule has 3 aromatic heterocycles. The Hall–Kier alpha value is -7.63. The van der Waals surface area contributed by atoms with Crippen molar-refractivity contribution in [3.05, 3.63) is 200 Å². The normalized spacial score (nSPS) is 11.6. The van der Waals surface area contributed by atoms with E-state index in [1.807, 2.05) is 60.7 Å². The third-order valence-corrected chi connectivity index (χ3v) is 10.8. The highest BCUT2D eigenvalue weighted by atomic mass is 15.0. The van der Waals surface area contributed by atoms with E-state index in [2.05, 4.69) is 149 Å². The fraction of sp³-hybridized carbons (Fsp3) is 0. The predicted molar refractivity (Wildman–Crippen MR) is 230 cm³/mol. The molecule has 0 radical (unpaired) electrons. The third-order valence-electron chi connectivity index (χ3n) is 10.8. The minimum atomic E-state index is 0.633. The number of hydrogen-bond donors (Lipinski definition) is 0. The van der Waals surface area contributed by atoms with E-state index in [9.17, 15) is 0 Å². The van der Waals surface area contributed by atoms with Crippen LogP contribution >= 0.6 is 0 Å². The molecule has 11 aromatic rings. The van der Waals surface area contributed by atoms with Crippen molar-refractivity contribution in [3.8, 4) is 56.7 Å². The van der Waals surface area contributed by atoms with Gasteiger partial charge in [0.25, 0.3) is 0 Å². The molecule has 5 nitrogen and oxygen atoms in total. The summed E-state index contributed by atoms with van der Waals surface area (Å²) in [4.78, 5) is 14.9. The molecule has 0 N–H and O–H groups in total. The predicted octanol–water partition coefficient (Wildman–Crippen LogP) is 12.7. The fourth-order valence-corrected chi connectivity index (χ4v) is 8.21. The van der Waals surface area contributed by atoms with E-state index in [-0.39, 0.29) is 0 Å². The molecule has 0 saturated heterocycles. The minimum absolute atomic E-state index is 0.633. The van der Waals surface area contributed by atoms with Gasteiger partial charge in [0.1, 0.15) is 0 Å². The first-order valence-corrected chi connectivity index (χ1v) is 18.9. The molecular weight excluding hydrogens is 683 g/mol. The smallest absolute Gasteiger partial charge is 0.164 e. The van der Waals surface area contributed by atoms with E-state index >= 15 is 0 Å². The van der Waals surface area contributed by atoms with Crippen LogP contribution in [0.1, 0.15) is 0 Å². The average Bonchev–Trinajstić information content (AvgIpc) is 3.80. The van der Waals surface area contributed by atoms with Crippen LogP contribution in [0.4, 0.5) is 0 Å². The third kappa shape index (κ3) is 5.21. The molecule has 0 bridgehead atoms. The van der Waals surface area contributed by atoms with Crippen LogP contribution < -0.4 is 0 Å². The molecule has 0 aliphatic heterocycles. The van der Waals surface area contributed by atoms with E-state index < -0.39 is 0 Å². The molecule has 0 amide bonds. The second-order valence-corrected chi connectivity index (χ2v) is 14.1.